The van der Waals surface area contributed by atoms with Crippen LogP contribution in [-0.2, 0) is 0 Å². The number of hydrogen-bond donors (Lipinski definition) is 1. The van der Waals surface area contributed by atoms with Gasteiger partial charge in [-0.3, -0.25) is 0 Å². The van der Waals surface area contributed by atoms with E-state index in [9.17, 15) is 0 Å². The fraction of sp³-hybridized carbons (Fsp3) is 0.500. The number of rotatable bonds is 3. The fourth-order valence-electron chi connectivity index (χ4n) is 1.94. The highest BCUT2D eigenvalue weighted by Gasteiger charge is 2.33. The molecular weight excluding hydrogens is 299 g/mol. The lowest BCUT2D eigenvalue weighted by atomic mass is 10.2. The van der Waals surface area contributed by atoms with E-state index < -0.39 is 0 Å². The molecule has 15 heavy (non-hydrogen) atoms. The average Bonchev–Trinajstić information content (AvgIpc) is 2.81. The largest absolute Gasteiger partial charge is 0.399 e. The second-order valence-corrected chi connectivity index (χ2v) is 5.73. The zero-order valence-corrected chi connectivity index (χ0v) is 11.4. The molecule has 0 amide bonds. The fourth-order valence-corrected chi connectivity index (χ4v) is 2.89. The van der Waals surface area contributed by atoms with E-state index >= 15 is 0 Å². The minimum atomic E-state index is 0.844. The van der Waals surface area contributed by atoms with Gasteiger partial charge in [0.2, 0.25) is 0 Å². The van der Waals surface area contributed by atoms with Crippen LogP contribution >= 0.6 is 22.6 Å². The molecule has 0 aromatic heterocycles. The molecule has 1 aliphatic carbocycles. The Bertz CT molecular complexity index is 365. The Kier molecular flexibility index (Phi) is 3.09. The average molecular weight is 316 g/mol. The number of hydrogen-bond acceptors (Lipinski definition) is 2. The smallest absolute Gasteiger partial charge is 0.0500 e. The summed E-state index contributed by atoms with van der Waals surface area (Å²) in [5.74, 6) is 1.81. The van der Waals surface area contributed by atoms with Crippen molar-refractivity contribution in [1.29, 1.82) is 0 Å². The maximum Gasteiger partial charge on any atom is 0.0500 e. The lowest BCUT2D eigenvalue weighted by Crippen LogP contribution is -2.21. The van der Waals surface area contributed by atoms with E-state index in [4.69, 9.17) is 5.73 Å². The molecule has 1 fully saturated rings. The second-order valence-electron chi connectivity index (χ2n) is 4.56. The molecule has 2 atom stereocenters. The highest BCUT2D eigenvalue weighted by atomic mass is 127. The van der Waals surface area contributed by atoms with E-state index in [-0.39, 0.29) is 0 Å². The molecule has 0 aliphatic heterocycles. The van der Waals surface area contributed by atoms with E-state index in [1.807, 2.05) is 12.1 Å². The third-order valence-corrected chi connectivity index (χ3v) is 4.03. The molecule has 0 heterocycles. The van der Waals surface area contributed by atoms with Crippen molar-refractivity contribution in [3.8, 4) is 0 Å². The predicted octanol–water partition coefficient (Wildman–Crippen LogP) is 2.97. The van der Waals surface area contributed by atoms with E-state index in [1.165, 1.54) is 22.2 Å². The minimum absolute atomic E-state index is 0.844. The highest BCUT2D eigenvalue weighted by molar-refractivity contribution is 14.1. The molecule has 0 saturated heterocycles. The molecule has 2 nitrogen and oxygen atoms in total. The van der Waals surface area contributed by atoms with Crippen molar-refractivity contribution in [1.82, 2.24) is 0 Å². The molecule has 1 aliphatic rings. The van der Waals surface area contributed by atoms with Crippen molar-refractivity contribution >= 4 is 34.0 Å². The Morgan fingerprint density at radius 3 is 2.73 bits per heavy atom. The number of anilines is 2. The SMILES string of the molecule is CC1CC1CN(C)c1ccc(N)cc1I. The molecule has 0 radical (unpaired) electrons. The van der Waals surface area contributed by atoms with Gasteiger partial charge in [-0.2, -0.15) is 0 Å². The van der Waals surface area contributed by atoms with E-state index in [0.29, 0.717) is 0 Å². The summed E-state index contributed by atoms with van der Waals surface area (Å²) >= 11 is 2.35. The highest BCUT2D eigenvalue weighted by Crippen LogP contribution is 2.39. The summed E-state index contributed by atoms with van der Waals surface area (Å²) in [6, 6.07) is 6.12. The van der Waals surface area contributed by atoms with Crippen molar-refractivity contribution < 1.29 is 0 Å². The molecule has 82 valence electrons. The molecular formula is C12H17IN2. The van der Waals surface area contributed by atoms with Gasteiger partial charge in [0.25, 0.3) is 0 Å². The molecule has 1 aromatic carbocycles. The number of halogens is 1. The first-order valence-electron chi connectivity index (χ1n) is 5.34. The van der Waals surface area contributed by atoms with Gasteiger partial charge in [-0.05, 0) is 59.0 Å². The van der Waals surface area contributed by atoms with E-state index in [0.717, 1.165) is 17.5 Å². The second kappa shape index (κ2) is 4.20. The van der Waals surface area contributed by atoms with Crippen LogP contribution < -0.4 is 10.6 Å². The number of nitrogens with zero attached hydrogens (tertiary/aromatic N) is 1. The monoisotopic (exact) mass is 316 g/mol. The maximum atomic E-state index is 5.74. The van der Waals surface area contributed by atoms with Crippen LogP contribution in [0.4, 0.5) is 11.4 Å². The van der Waals surface area contributed by atoms with E-state index in [1.54, 1.807) is 0 Å². The van der Waals surface area contributed by atoms with Crippen LogP contribution in [-0.4, -0.2) is 13.6 Å². The van der Waals surface area contributed by atoms with Crippen LogP contribution in [0.5, 0.6) is 0 Å². The Morgan fingerprint density at radius 2 is 2.20 bits per heavy atom. The molecule has 0 bridgehead atoms. The first-order chi connectivity index (χ1) is 7.08. The standard InChI is InChI=1S/C12H17IN2/c1-8-5-9(8)7-15(2)12-4-3-10(14)6-11(12)13/h3-4,6,8-9H,5,7,14H2,1-2H3. The van der Waals surface area contributed by atoms with E-state index in [2.05, 4.69) is 47.5 Å². The Balaban J connectivity index is 2.07. The van der Waals surface area contributed by atoms with Crippen LogP contribution in [0.1, 0.15) is 13.3 Å². The Hall–Kier alpha value is -0.450. The van der Waals surface area contributed by atoms with Crippen molar-refractivity contribution in [2.75, 3.05) is 24.2 Å². The Labute approximate surface area is 105 Å². The number of nitrogen functional groups attached to an aromatic ring is 1. The molecule has 2 N–H and O–H groups in total. The quantitative estimate of drug-likeness (QED) is 0.686. The normalized spacial score (nSPS) is 23.9. The number of benzene rings is 1. The summed E-state index contributed by atoms with van der Waals surface area (Å²) in [7, 11) is 2.17. The summed E-state index contributed by atoms with van der Waals surface area (Å²) < 4.78 is 1.24. The van der Waals surface area contributed by atoms with Gasteiger partial charge in [0, 0.05) is 22.8 Å². The minimum Gasteiger partial charge on any atom is -0.399 e. The van der Waals surface area contributed by atoms with Crippen LogP contribution in [0.3, 0.4) is 0 Å². The Morgan fingerprint density at radius 1 is 1.53 bits per heavy atom. The van der Waals surface area contributed by atoms with Crippen molar-refractivity contribution in [3.63, 3.8) is 0 Å². The van der Waals surface area contributed by atoms with Crippen molar-refractivity contribution in [3.05, 3.63) is 21.8 Å². The van der Waals surface area contributed by atoms with Gasteiger partial charge in [0.05, 0.1) is 5.69 Å². The van der Waals surface area contributed by atoms with Gasteiger partial charge in [-0.15, -0.1) is 0 Å². The lowest BCUT2D eigenvalue weighted by Gasteiger charge is -2.21. The van der Waals surface area contributed by atoms with Crippen LogP contribution in [0, 0.1) is 15.4 Å². The van der Waals surface area contributed by atoms with Crippen LogP contribution in [0.25, 0.3) is 0 Å². The van der Waals surface area contributed by atoms with Crippen molar-refractivity contribution in [2.45, 2.75) is 13.3 Å². The summed E-state index contributed by atoms with van der Waals surface area (Å²) in [6.45, 7) is 3.49. The third-order valence-electron chi connectivity index (χ3n) is 3.17. The lowest BCUT2D eigenvalue weighted by molar-refractivity contribution is 0.724. The molecule has 1 aromatic rings. The number of nitrogens with two attached hydrogens (primary N) is 1. The summed E-state index contributed by atoms with van der Waals surface area (Å²) in [5, 5.41) is 0. The third kappa shape index (κ3) is 2.56. The van der Waals surface area contributed by atoms with Gasteiger partial charge >= 0.3 is 0 Å². The maximum absolute atomic E-state index is 5.74. The molecule has 3 heteroatoms. The van der Waals surface area contributed by atoms with Gasteiger partial charge in [0.15, 0.2) is 0 Å². The topological polar surface area (TPSA) is 29.3 Å². The van der Waals surface area contributed by atoms with Crippen LogP contribution in [0.15, 0.2) is 18.2 Å². The summed E-state index contributed by atoms with van der Waals surface area (Å²) in [6.07, 6.45) is 1.38. The molecule has 1 saturated carbocycles. The first kappa shape index (κ1) is 11.0. The van der Waals surface area contributed by atoms with Crippen molar-refractivity contribution in [2.24, 2.45) is 11.8 Å². The molecule has 0 spiro atoms. The zero-order chi connectivity index (χ0) is 11.0. The summed E-state index contributed by atoms with van der Waals surface area (Å²) in [4.78, 5) is 2.34. The summed E-state index contributed by atoms with van der Waals surface area (Å²) in [5.41, 5.74) is 7.88. The zero-order valence-electron chi connectivity index (χ0n) is 9.20. The predicted molar refractivity (Wildman–Crippen MR) is 74.1 cm³/mol. The molecule has 2 unspecified atom stereocenters. The van der Waals surface area contributed by atoms with Gasteiger partial charge in [-0.25, -0.2) is 0 Å². The van der Waals surface area contributed by atoms with Gasteiger partial charge < -0.3 is 10.6 Å². The van der Waals surface area contributed by atoms with Gasteiger partial charge in [-0.1, -0.05) is 6.92 Å². The first-order valence-corrected chi connectivity index (χ1v) is 6.42. The van der Waals surface area contributed by atoms with Crippen LogP contribution in [0.2, 0.25) is 0 Å². The van der Waals surface area contributed by atoms with Gasteiger partial charge in [0.1, 0.15) is 0 Å². The molecule has 2 rings (SSSR count).